The maximum atomic E-state index is 14.7. The Hall–Kier alpha value is -4.12. The van der Waals surface area contributed by atoms with Crippen molar-refractivity contribution in [2.24, 2.45) is 0 Å². The molecule has 0 bridgehead atoms. The fraction of sp³-hybridized carbons (Fsp3) is 0.297. The highest BCUT2D eigenvalue weighted by Crippen LogP contribution is 2.30. The molecule has 49 heavy (non-hydrogen) atoms. The van der Waals surface area contributed by atoms with Crippen LogP contribution in [-0.2, 0) is 32.6 Å². The molecule has 4 aromatic rings. The topological polar surface area (TPSA) is 96.0 Å². The number of ether oxygens (including phenoxy) is 1. The van der Waals surface area contributed by atoms with Gasteiger partial charge >= 0.3 is 0 Å². The van der Waals surface area contributed by atoms with Crippen molar-refractivity contribution < 1.29 is 27.1 Å². The zero-order valence-corrected chi connectivity index (χ0v) is 29.4. The number of methoxy groups -OCH3 is 1. The van der Waals surface area contributed by atoms with Gasteiger partial charge in [-0.25, -0.2) is 12.8 Å². The quantitative estimate of drug-likeness (QED) is 0.155. The van der Waals surface area contributed by atoms with Gasteiger partial charge in [0, 0.05) is 34.6 Å². The Morgan fingerprint density at radius 3 is 2.12 bits per heavy atom. The molecular formula is C37H38Cl2FN3O5S. The van der Waals surface area contributed by atoms with Crippen LogP contribution in [0.15, 0.2) is 102 Å². The Kier molecular flexibility index (Phi) is 12.2. The minimum absolute atomic E-state index is 0.0495. The van der Waals surface area contributed by atoms with Gasteiger partial charge in [-0.3, -0.25) is 13.9 Å². The minimum atomic E-state index is -4.38. The average Bonchev–Trinajstić information content (AvgIpc) is 3.11. The van der Waals surface area contributed by atoms with Crippen molar-refractivity contribution in [1.82, 2.24) is 10.2 Å². The predicted molar refractivity (Wildman–Crippen MR) is 190 cm³/mol. The van der Waals surface area contributed by atoms with Crippen LogP contribution in [0.5, 0.6) is 5.75 Å². The molecule has 2 amide bonds. The summed E-state index contributed by atoms with van der Waals surface area (Å²) in [5.41, 5.74) is 1.28. The molecule has 1 fully saturated rings. The van der Waals surface area contributed by atoms with E-state index < -0.39 is 34.3 Å². The number of hydrogen-bond acceptors (Lipinski definition) is 5. The number of nitrogens with zero attached hydrogens (tertiary/aromatic N) is 2. The largest absolute Gasteiger partial charge is 0.497 e. The Balaban J connectivity index is 1.58. The molecule has 0 radical (unpaired) electrons. The first-order valence-corrected chi connectivity index (χ1v) is 18.3. The van der Waals surface area contributed by atoms with E-state index >= 15 is 0 Å². The third kappa shape index (κ3) is 9.12. The van der Waals surface area contributed by atoms with E-state index in [1.54, 1.807) is 18.2 Å². The van der Waals surface area contributed by atoms with Gasteiger partial charge in [0.05, 0.1) is 17.7 Å². The molecule has 0 saturated heterocycles. The third-order valence-corrected chi connectivity index (χ3v) is 11.2. The third-order valence-electron chi connectivity index (χ3n) is 8.65. The smallest absolute Gasteiger partial charge is 0.264 e. The number of nitrogens with one attached hydrogen (secondary N) is 1. The van der Waals surface area contributed by atoms with Gasteiger partial charge in [-0.05, 0) is 79.1 Å². The van der Waals surface area contributed by atoms with Gasteiger partial charge in [0.15, 0.2) is 0 Å². The van der Waals surface area contributed by atoms with E-state index in [0.717, 1.165) is 54.1 Å². The molecule has 258 valence electrons. The van der Waals surface area contributed by atoms with Gasteiger partial charge in [0.1, 0.15) is 24.2 Å². The molecule has 5 rings (SSSR count). The molecule has 0 spiro atoms. The van der Waals surface area contributed by atoms with E-state index in [2.05, 4.69) is 5.32 Å². The fourth-order valence-electron chi connectivity index (χ4n) is 5.96. The maximum Gasteiger partial charge on any atom is 0.264 e. The number of carbonyl (C=O) groups excluding carboxylic acids is 2. The van der Waals surface area contributed by atoms with Crippen LogP contribution in [0.2, 0.25) is 10.0 Å². The molecular weight excluding hydrogens is 688 g/mol. The average molecular weight is 727 g/mol. The maximum absolute atomic E-state index is 14.7. The summed E-state index contributed by atoms with van der Waals surface area (Å²) < 4.78 is 48.5. The highest BCUT2D eigenvalue weighted by Gasteiger charge is 2.36. The van der Waals surface area contributed by atoms with Crippen molar-refractivity contribution in [3.05, 3.63) is 124 Å². The molecule has 0 heterocycles. The molecule has 1 saturated carbocycles. The van der Waals surface area contributed by atoms with Gasteiger partial charge in [-0.2, -0.15) is 0 Å². The SMILES string of the molecule is COc1ccc(S(=O)(=O)N(CC(=O)N(Cc2c(Cl)cccc2Cl)[C@@H](Cc2ccccc2)C(=O)NC2CCCCC2)c2ccc(F)cc2)cc1. The van der Waals surface area contributed by atoms with E-state index in [1.807, 2.05) is 30.3 Å². The Bertz CT molecular complexity index is 1820. The Morgan fingerprint density at radius 1 is 0.878 bits per heavy atom. The van der Waals surface area contributed by atoms with Crippen molar-refractivity contribution in [2.75, 3.05) is 18.0 Å². The van der Waals surface area contributed by atoms with Crippen molar-refractivity contribution in [3.8, 4) is 5.75 Å². The highest BCUT2D eigenvalue weighted by molar-refractivity contribution is 7.92. The zero-order valence-electron chi connectivity index (χ0n) is 27.0. The number of rotatable bonds is 13. The van der Waals surface area contributed by atoms with Crippen LogP contribution in [0.3, 0.4) is 0 Å². The summed E-state index contributed by atoms with van der Waals surface area (Å²) in [7, 11) is -2.92. The van der Waals surface area contributed by atoms with Gasteiger partial charge < -0.3 is 15.0 Å². The second-order valence-electron chi connectivity index (χ2n) is 11.9. The van der Waals surface area contributed by atoms with Crippen LogP contribution in [0.4, 0.5) is 10.1 Å². The number of halogens is 3. The Morgan fingerprint density at radius 2 is 1.51 bits per heavy atom. The van der Waals surface area contributed by atoms with Crippen LogP contribution in [0.25, 0.3) is 0 Å². The molecule has 0 aliphatic heterocycles. The second kappa shape index (κ2) is 16.5. The van der Waals surface area contributed by atoms with Gasteiger partial charge in [-0.15, -0.1) is 0 Å². The number of anilines is 1. The molecule has 0 aromatic heterocycles. The van der Waals surface area contributed by atoms with Crippen LogP contribution in [0.1, 0.15) is 43.2 Å². The second-order valence-corrected chi connectivity index (χ2v) is 14.6. The van der Waals surface area contributed by atoms with Gasteiger partial charge in [-0.1, -0.05) is 78.9 Å². The normalized spacial score (nSPS) is 14.1. The van der Waals surface area contributed by atoms with Crippen molar-refractivity contribution >= 4 is 50.7 Å². The van der Waals surface area contributed by atoms with E-state index in [0.29, 0.717) is 11.3 Å². The number of benzene rings is 4. The summed E-state index contributed by atoms with van der Waals surface area (Å²) >= 11 is 13.2. The highest BCUT2D eigenvalue weighted by atomic mass is 35.5. The number of amides is 2. The van der Waals surface area contributed by atoms with Crippen LogP contribution in [-0.4, -0.2) is 50.9 Å². The van der Waals surface area contributed by atoms with Crippen molar-refractivity contribution in [2.45, 2.75) is 62.0 Å². The number of sulfonamides is 1. The summed E-state index contributed by atoms with van der Waals surface area (Å²) in [4.78, 5) is 30.2. The first kappa shape index (κ1) is 36.2. The standard InChI is InChI=1S/C37H38Cl2FN3O5S/c1-48-30-19-21-31(22-20-30)49(46,47)43(29-17-15-27(40)16-18-29)25-36(44)42(24-32-33(38)13-8-14-34(32)39)35(23-26-9-4-2-5-10-26)37(45)41-28-11-6-3-7-12-28/h2,4-5,8-10,13-22,28,35H,3,6-7,11-12,23-25H2,1H3,(H,41,45)/t35-/m0/s1. The van der Waals surface area contributed by atoms with Crippen molar-refractivity contribution in [1.29, 1.82) is 0 Å². The monoisotopic (exact) mass is 725 g/mol. The molecule has 1 N–H and O–H groups in total. The van der Waals surface area contributed by atoms with E-state index in [9.17, 15) is 22.4 Å². The lowest BCUT2D eigenvalue weighted by atomic mass is 9.94. The molecule has 0 unspecified atom stereocenters. The lowest BCUT2D eigenvalue weighted by molar-refractivity contribution is -0.140. The lowest BCUT2D eigenvalue weighted by Crippen LogP contribution is -2.55. The van der Waals surface area contributed by atoms with E-state index in [1.165, 1.54) is 48.4 Å². The first-order chi connectivity index (χ1) is 23.6. The molecule has 4 aromatic carbocycles. The molecule has 1 aliphatic carbocycles. The van der Waals surface area contributed by atoms with E-state index in [4.69, 9.17) is 27.9 Å². The predicted octanol–water partition coefficient (Wildman–Crippen LogP) is 7.43. The van der Waals surface area contributed by atoms with Crippen LogP contribution < -0.4 is 14.4 Å². The fourth-order valence-corrected chi connectivity index (χ4v) is 7.89. The Labute approximate surface area is 296 Å². The summed E-state index contributed by atoms with van der Waals surface area (Å²) in [6, 6.07) is 23.7. The van der Waals surface area contributed by atoms with Crippen LogP contribution >= 0.6 is 23.2 Å². The minimum Gasteiger partial charge on any atom is -0.497 e. The summed E-state index contributed by atoms with van der Waals surface area (Å²) in [6.45, 7) is -0.878. The summed E-state index contributed by atoms with van der Waals surface area (Å²) in [6.07, 6.45) is 4.87. The van der Waals surface area contributed by atoms with Crippen LogP contribution in [0, 0.1) is 5.82 Å². The molecule has 12 heteroatoms. The number of hydrogen-bond donors (Lipinski definition) is 1. The van der Waals surface area contributed by atoms with Crippen molar-refractivity contribution in [3.63, 3.8) is 0 Å². The van der Waals surface area contributed by atoms with Gasteiger partial charge in [0.2, 0.25) is 11.8 Å². The zero-order chi connectivity index (χ0) is 35.0. The molecule has 8 nitrogen and oxygen atoms in total. The molecule has 1 aliphatic rings. The van der Waals surface area contributed by atoms with E-state index in [-0.39, 0.29) is 45.5 Å². The number of carbonyl (C=O) groups is 2. The first-order valence-electron chi connectivity index (χ1n) is 16.1. The molecule has 1 atom stereocenters. The summed E-state index contributed by atoms with van der Waals surface area (Å²) in [5.74, 6) is -1.18. The summed E-state index contributed by atoms with van der Waals surface area (Å²) in [5, 5.41) is 3.74. The lowest BCUT2D eigenvalue weighted by Gasteiger charge is -2.35. The van der Waals surface area contributed by atoms with Gasteiger partial charge in [0.25, 0.3) is 10.0 Å².